The van der Waals surface area contributed by atoms with E-state index >= 15 is 0 Å². The Kier molecular flexibility index (Phi) is 5.39. The molecule has 0 saturated heterocycles. The van der Waals surface area contributed by atoms with Crippen LogP contribution in [0.25, 0.3) is 0 Å². The minimum atomic E-state index is -0.611. The smallest absolute Gasteiger partial charge is 0.0928 e. The monoisotopic (exact) mass is 307 g/mol. The first-order valence-corrected chi connectivity index (χ1v) is 7.58. The molecule has 1 atom stereocenters. The molecule has 1 heterocycles. The maximum absolute atomic E-state index is 10.2. The number of benzene rings is 1. The Bertz CT molecular complexity index is 610. The van der Waals surface area contributed by atoms with Crippen molar-refractivity contribution in [3.05, 3.63) is 51.8 Å². The zero-order valence-corrected chi connectivity index (χ0v) is 13.5. The summed E-state index contributed by atoms with van der Waals surface area (Å²) in [6.07, 6.45) is -0.611. The van der Waals surface area contributed by atoms with Gasteiger partial charge in [0.1, 0.15) is 0 Å². The lowest BCUT2D eigenvalue weighted by Crippen LogP contribution is -2.22. The molecule has 1 unspecified atom stereocenters. The number of aryl methyl sites for hydroxylation is 2. The first kappa shape index (κ1) is 16.0. The Morgan fingerprint density at radius 3 is 2.67 bits per heavy atom. The van der Waals surface area contributed by atoms with Crippen molar-refractivity contribution in [3.8, 4) is 0 Å². The zero-order chi connectivity index (χ0) is 15.4. The van der Waals surface area contributed by atoms with Crippen LogP contribution in [0.3, 0.4) is 0 Å². The van der Waals surface area contributed by atoms with Gasteiger partial charge in [0.05, 0.1) is 11.8 Å². The van der Waals surface area contributed by atoms with E-state index in [2.05, 4.69) is 24.3 Å². The number of aliphatic hydroxyl groups excluding tert-OH is 1. The van der Waals surface area contributed by atoms with Crippen LogP contribution in [0, 0.1) is 13.8 Å². The van der Waals surface area contributed by atoms with Gasteiger partial charge in [0.25, 0.3) is 0 Å². The Balaban J connectivity index is 1.96. The average molecular weight is 308 g/mol. The van der Waals surface area contributed by atoms with E-state index in [0.29, 0.717) is 18.1 Å². The molecule has 0 spiro atoms. The third kappa shape index (κ3) is 3.64. The fourth-order valence-corrected chi connectivity index (χ4v) is 2.75. The molecule has 4 nitrogen and oxygen atoms in total. The number of nitrogens with zero attached hydrogens (tertiary/aromatic N) is 2. The Hall–Kier alpha value is -1.36. The predicted molar refractivity (Wildman–Crippen MR) is 85.5 cm³/mol. The van der Waals surface area contributed by atoms with Gasteiger partial charge >= 0.3 is 0 Å². The number of nitrogens with one attached hydrogen (secondary N) is 1. The lowest BCUT2D eigenvalue weighted by atomic mass is 10.1. The standard InChI is InChI=1S/C16H22ClN3O/c1-4-20-12(3)14(11(2)19-20)9-18-10-16(21)13-7-5-6-8-15(13)17/h5-8,16,18,21H,4,9-10H2,1-3H3. The van der Waals surface area contributed by atoms with Crippen molar-refractivity contribution >= 4 is 11.6 Å². The molecule has 5 heteroatoms. The molecule has 0 fully saturated rings. The van der Waals surface area contributed by atoms with Gasteiger partial charge in [0.15, 0.2) is 0 Å². The van der Waals surface area contributed by atoms with Crippen LogP contribution in [-0.4, -0.2) is 21.4 Å². The summed E-state index contributed by atoms with van der Waals surface area (Å²) in [5.74, 6) is 0. The summed E-state index contributed by atoms with van der Waals surface area (Å²) in [6.45, 7) is 8.19. The lowest BCUT2D eigenvalue weighted by Gasteiger charge is -2.13. The highest BCUT2D eigenvalue weighted by atomic mass is 35.5. The van der Waals surface area contributed by atoms with Crippen molar-refractivity contribution in [2.45, 2.75) is 40.0 Å². The van der Waals surface area contributed by atoms with E-state index in [-0.39, 0.29) is 0 Å². The first-order valence-electron chi connectivity index (χ1n) is 7.20. The van der Waals surface area contributed by atoms with Crippen molar-refractivity contribution in [1.82, 2.24) is 15.1 Å². The largest absolute Gasteiger partial charge is 0.387 e. The third-order valence-electron chi connectivity index (χ3n) is 3.73. The molecule has 0 bridgehead atoms. The number of halogens is 1. The van der Waals surface area contributed by atoms with Gasteiger partial charge in [0.2, 0.25) is 0 Å². The minimum absolute atomic E-state index is 0.458. The number of hydrogen-bond donors (Lipinski definition) is 2. The normalized spacial score (nSPS) is 12.6. The number of aliphatic hydroxyl groups is 1. The van der Waals surface area contributed by atoms with E-state index in [0.717, 1.165) is 17.8 Å². The molecule has 0 radical (unpaired) electrons. The van der Waals surface area contributed by atoms with Crippen LogP contribution in [0.4, 0.5) is 0 Å². The van der Waals surface area contributed by atoms with Gasteiger partial charge in [-0.05, 0) is 26.8 Å². The summed E-state index contributed by atoms with van der Waals surface area (Å²) in [4.78, 5) is 0. The second-order valence-corrected chi connectivity index (χ2v) is 5.54. The molecule has 0 aliphatic rings. The van der Waals surface area contributed by atoms with Crippen LogP contribution < -0.4 is 5.32 Å². The van der Waals surface area contributed by atoms with Crippen molar-refractivity contribution in [2.75, 3.05) is 6.54 Å². The van der Waals surface area contributed by atoms with Crippen LogP contribution in [0.2, 0.25) is 5.02 Å². The summed E-state index contributed by atoms with van der Waals surface area (Å²) >= 11 is 6.09. The summed E-state index contributed by atoms with van der Waals surface area (Å²) in [5, 5.41) is 18.6. The number of rotatable bonds is 6. The SMILES string of the molecule is CCn1nc(C)c(CNCC(O)c2ccccc2Cl)c1C. The number of aromatic nitrogens is 2. The summed E-state index contributed by atoms with van der Waals surface area (Å²) in [7, 11) is 0. The number of hydrogen-bond acceptors (Lipinski definition) is 3. The topological polar surface area (TPSA) is 50.1 Å². The van der Waals surface area contributed by atoms with Crippen molar-refractivity contribution < 1.29 is 5.11 Å². The molecule has 2 aromatic rings. The molecule has 1 aromatic carbocycles. The molecule has 0 amide bonds. The van der Waals surface area contributed by atoms with Gasteiger partial charge in [0, 0.05) is 41.5 Å². The second kappa shape index (κ2) is 7.07. The lowest BCUT2D eigenvalue weighted by molar-refractivity contribution is 0.174. The van der Waals surface area contributed by atoms with Crippen molar-refractivity contribution in [3.63, 3.8) is 0 Å². The van der Waals surface area contributed by atoms with Gasteiger partial charge in [-0.1, -0.05) is 29.8 Å². The Morgan fingerprint density at radius 1 is 1.33 bits per heavy atom. The summed E-state index contributed by atoms with van der Waals surface area (Å²) in [5.41, 5.74) is 4.16. The highest BCUT2D eigenvalue weighted by Gasteiger charge is 2.13. The van der Waals surface area contributed by atoms with Gasteiger partial charge in [-0.3, -0.25) is 4.68 Å². The van der Waals surface area contributed by atoms with Crippen LogP contribution in [-0.2, 0) is 13.1 Å². The quantitative estimate of drug-likeness (QED) is 0.862. The molecular weight excluding hydrogens is 286 g/mol. The van der Waals surface area contributed by atoms with Crippen molar-refractivity contribution in [2.24, 2.45) is 0 Å². The Labute approximate surface area is 130 Å². The van der Waals surface area contributed by atoms with Gasteiger partial charge in [-0.2, -0.15) is 5.10 Å². The van der Waals surface area contributed by atoms with Crippen LogP contribution >= 0.6 is 11.6 Å². The fraction of sp³-hybridized carbons (Fsp3) is 0.438. The average Bonchev–Trinajstić information content (AvgIpc) is 2.74. The summed E-state index contributed by atoms with van der Waals surface area (Å²) in [6, 6.07) is 7.38. The molecule has 0 saturated carbocycles. The van der Waals surface area contributed by atoms with E-state index in [1.165, 1.54) is 11.3 Å². The van der Waals surface area contributed by atoms with E-state index in [1.807, 2.05) is 29.8 Å². The fourth-order valence-electron chi connectivity index (χ4n) is 2.49. The molecular formula is C16H22ClN3O. The molecule has 1 aromatic heterocycles. The van der Waals surface area contributed by atoms with E-state index in [1.54, 1.807) is 6.07 Å². The third-order valence-corrected chi connectivity index (χ3v) is 4.08. The first-order chi connectivity index (χ1) is 10.0. The van der Waals surface area contributed by atoms with Crippen LogP contribution in [0.15, 0.2) is 24.3 Å². The molecule has 21 heavy (non-hydrogen) atoms. The highest BCUT2D eigenvalue weighted by molar-refractivity contribution is 6.31. The molecule has 0 aliphatic carbocycles. The van der Waals surface area contributed by atoms with E-state index in [9.17, 15) is 5.11 Å². The van der Waals surface area contributed by atoms with Gasteiger partial charge < -0.3 is 10.4 Å². The van der Waals surface area contributed by atoms with Crippen LogP contribution in [0.5, 0.6) is 0 Å². The molecule has 114 valence electrons. The maximum Gasteiger partial charge on any atom is 0.0928 e. The molecule has 0 aliphatic heterocycles. The van der Waals surface area contributed by atoms with E-state index in [4.69, 9.17) is 11.6 Å². The van der Waals surface area contributed by atoms with E-state index < -0.39 is 6.10 Å². The van der Waals surface area contributed by atoms with Crippen molar-refractivity contribution in [1.29, 1.82) is 0 Å². The zero-order valence-electron chi connectivity index (χ0n) is 12.7. The van der Waals surface area contributed by atoms with Crippen LogP contribution in [0.1, 0.15) is 35.5 Å². The van der Waals surface area contributed by atoms with Gasteiger partial charge in [-0.25, -0.2) is 0 Å². The molecule has 2 N–H and O–H groups in total. The van der Waals surface area contributed by atoms with Gasteiger partial charge in [-0.15, -0.1) is 0 Å². The minimum Gasteiger partial charge on any atom is -0.387 e. The molecule has 2 rings (SSSR count). The highest BCUT2D eigenvalue weighted by Crippen LogP contribution is 2.22. The predicted octanol–water partition coefficient (Wildman–Crippen LogP) is 3.00. The summed E-state index contributed by atoms with van der Waals surface area (Å²) < 4.78 is 2.00. The Morgan fingerprint density at radius 2 is 2.05 bits per heavy atom. The second-order valence-electron chi connectivity index (χ2n) is 5.13. The maximum atomic E-state index is 10.2.